The standard InChI is InChI=1S/C6H18N15P3S6/c7-1(25)13-22(14-2(8)26)19-23(15-3(9)27,16-4(10)28)21-24(20-22,17-5(11)29)18-6(12)30/h(H3,7,13,25)(H3,8,14,26)(H3,9,15,27)(H3,10,16,28)(H3,11,17,29)(H3,12,18,30). The Morgan fingerprint density at radius 2 is 0.533 bits per heavy atom. The van der Waals surface area contributed by atoms with E-state index in [0.717, 1.165) is 0 Å². The summed E-state index contributed by atoms with van der Waals surface area (Å²) in [6, 6.07) is 0. The summed E-state index contributed by atoms with van der Waals surface area (Å²) in [6.45, 7) is 0. The Morgan fingerprint density at radius 3 is 0.633 bits per heavy atom. The summed E-state index contributed by atoms with van der Waals surface area (Å²) in [5, 5.41) is 15.2. The van der Waals surface area contributed by atoms with Crippen molar-refractivity contribution in [2.75, 3.05) is 0 Å². The van der Waals surface area contributed by atoms with Gasteiger partial charge < -0.3 is 34.4 Å². The van der Waals surface area contributed by atoms with Gasteiger partial charge in [0.15, 0.2) is 30.7 Å². The molecule has 18 N–H and O–H groups in total. The number of nitrogens with two attached hydrogens (primary N) is 6. The zero-order valence-corrected chi connectivity index (χ0v) is 22.2. The van der Waals surface area contributed by atoms with Gasteiger partial charge in [0.05, 0.1) is 0 Å². The highest BCUT2D eigenvalue weighted by Crippen LogP contribution is 2.70. The van der Waals surface area contributed by atoms with E-state index in [-0.39, 0.29) is 30.7 Å². The summed E-state index contributed by atoms with van der Waals surface area (Å²) in [5.41, 5.74) is 34.1. The molecule has 1 heterocycles. The lowest BCUT2D eigenvalue weighted by Gasteiger charge is -2.36. The van der Waals surface area contributed by atoms with Crippen LogP contribution in [0.5, 0.6) is 0 Å². The third-order valence-corrected chi connectivity index (χ3v) is 13.4. The van der Waals surface area contributed by atoms with Crippen molar-refractivity contribution >= 4 is 127 Å². The first-order valence-corrected chi connectivity index (χ1v) is 14.5. The smallest absolute Gasteiger partial charge is 0.272 e. The average molecular weight is 586 g/mol. The van der Waals surface area contributed by atoms with Crippen molar-refractivity contribution in [3.8, 4) is 0 Å². The minimum Gasteiger partial charge on any atom is -0.376 e. The van der Waals surface area contributed by atoms with Crippen molar-refractivity contribution in [2.24, 2.45) is 47.9 Å². The lowest BCUT2D eigenvalue weighted by atomic mass is 11.2. The summed E-state index contributed by atoms with van der Waals surface area (Å²) in [4.78, 5) is 0. The van der Waals surface area contributed by atoms with E-state index in [1.807, 2.05) is 0 Å². The molecule has 1 aliphatic heterocycles. The topological polar surface area (TPSA) is 265 Å². The van der Waals surface area contributed by atoms with E-state index in [1.54, 1.807) is 0 Å². The summed E-state index contributed by atoms with van der Waals surface area (Å²) < 4.78 is 13.7. The molecule has 0 saturated heterocycles. The molecule has 0 aromatic heterocycles. The first-order chi connectivity index (χ1) is 13.6. The predicted octanol–water partition coefficient (Wildman–Crippen LogP) is -1.16. The van der Waals surface area contributed by atoms with Crippen molar-refractivity contribution in [3.63, 3.8) is 0 Å². The number of nitrogens with zero attached hydrogens (tertiary/aromatic N) is 3. The summed E-state index contributed by atoms with van der Waals surface area (Å²) in [5.74, 6) is 0. The molecule has 0 aliphatic carbocycles. The minimum absolute atomic E-state index is 0.200. The summed E-state index contributed by atoms with van der Waals surface area (Å²) in [7, 11) is -10.4. The van der Waals surface area contributed by atoms with Gasteiger partial charge in [0.1, 0.15) is 0 Å². The Balaban J connectivity index is 4.15. The molecule has 0 aromatic carbocycles. The Bertz CT molecular complexity index is 785. The molecule has 0 spiro atoms. The molecule has 0 radical (unpaired) electrons. The molecule has 0 bridgehead atoms. The van der Waals surface area contributed by atoms with Crippen LogP contribution in [0.1, 0.15) is 0 Å². The second-order valence-electron chi connectivity index (χ2n) is 4.93. The third-order valence-electron chi connectivity index (χ3n) is 2.37. The molecule has 15 nitrogen and oxygen atoms in total. The monoisotopic (exact) mass is 585 g/mol. The maximum atomic E-state index is 5.68. The molecule has 0 saturated carbocycles. The van der Waals surface area contributed by atoms with Crippen molar-refractivity contribution in [1.82, 2.24) is 30.5 Å². The zero-order valence-electron chi connectivity index (χ0n) is 14.6. The minimum atomic E-state index is -3.46. The Kier molecular flexibility index (Phi) is 9.34. The lowest BCUT2D eigenvalue weighted by Crippen LogP contribution is -2.42. The molecule has 1 aliphatic rings. The van der Waals surface area contributed by atoms with Gasteiger partial charge in [0.25, 0.3) is 22.5 Å². The van der Waals surface area contributed by atoms with Crippen LogP contribution < -0.4 is 64.9 Å². The lowest BCUT2D eigenvalue weighted by molar-refractivity contribution is 1.21. The zero-order chi connectivity index (χ0) is 23.3. The fraction of sp³-hybridized carbons (Fsp3) is 0. The third kappa shape index (κ3) is 8.16. The SMILES string of the molecule is NC(=S)NP1(NC(N)=S)=NP(NC(N)=S)(NC(N)=S)=NP(NC(N)=S)(NC(N)=S)=N1. The molecule has 168 valence electrons. The van der Waals surface area contributed by atoms with Crippen LogP contribution >= 0.6 is 95.8 Å². The van der Waals surface area contributed by atoms with Crippen molar-refractivity contribution in [3.05, 3.63) is 0 Å². The average Bonchev–Trinajstić information content (AvgIpc) is 2.39. The maximum absolute atomic E-state index is 5.68. The van der Waals surface area contributed by atoms with Crippen LogP contribution in [0.15, 0.2) is 13.5 Å². The summed E-state index contributed by atoms with van der Waals surface area (Å²) in [6.07, 6.45) is 0. The molecule has 0 unspecified atom stereocenters. The highest BCUT2D eigenvalue weighted by molar-refractivity contribution is 7.90. The normalized spacial score (nSPS) is 17.2. The molecule has 0 atom stereocenters. The first-order valence-electron chi connectivity index (χ1n) is 7.00. The van der Waals surface area contributed by atoms with E-state index in [4.69, 9.17) is 108 Å². The Labute approximate surface area is 204 Å². The molecule has 1 rings (SSSR count). The molecule has 24 heteroatoms. The van der Waals surface area contributed by atoms with Gasteiger partial charge in [-0.3, -0.25) is 30.5 Å². The van der Waals surface area contributed by atoms with Crippen LogP contribution in [0.25, 0.3) is 0 Å². The van der Waals surface area contributed by atoms with Crippen molar-refractivity contribution in [2.45, 2.75) is 0 Å². The Hall–Kier alpha value is -1.17. The Morgan fingerprint density at radius 1 is 0.400 bits per heavy atom. The molecular weight excluding hydrogens is 567 g/mol. The van der Waals surface area contributed by atoms with Gasteiger partial charge in [-0.25, -0.2) is 0 Å². The van der Waals surface area contributed by atoms with Crippen LogP contribution in [-0.4, -0.2) is 30.7 Å². The van der Waals surface area contributed by atoms with Crippen LogP contribution in [-0.2, 0) is 0 Å². The number of hydrogen-bond donors (Lipinski definition) is 12. The fourth-order valence-electron chi connectivity index (χ4n) is 1.89. The number of thiocarbonyl (C=S) groups is 6. The van der Waals surface area contributed by atoms with Gasteiger partial charge in [-0.15, -0.1) is 0 Å². The van der Waals surface area contributed by atoms with Gasteiger partial charge >= 0.3 is 0 Å². The highest BCUT2D eigenvalue weighted by Gasteiger charge is 2.40. The van der Waals surface area contributed by atoms with Gasteiger partial charge in [-0.2, -0.15) is 13.5 Å². The van der Waals surface area contributed by atoms with Crippen LogP contribution in [0, 0.1) is 0 Å². The largest absolute Gasteiger partial charge is 0.376 e. The molecule has 0 amide bonds. The van der Waals surface area contributed by atoms with Crippen LogP contribution in [0.4, 0.5) is 0 Å². The van der Waals surface area contributed by atoms with E-state index < -0.39 is 22.5 Å². The van der Waals surface area contributed by atoms with Gasteiger partial charge in [-0.1, -0.05) is 0 Å². The van der Waals surface area contributed by atoms with E-state index >= 15 is 0 Å². The molecule has 30 heavy (non-hydrogen) atoms. The van der Waals surface area contributed by atoms with Gasteiger partial charge in [-0.05, 0) is 73.3 Å². The van der Waals surface area contributed by atoms with Gasteiger partial charge in [0, 0.05) is 0 Å². The summed E-state index contributed by atoms with van der Waals surface area (Å²) >= 11 is 29.8. The van der Waals surface area contributed by atoms with E-state index in [0.29, 0.717) is 0 Å². The van der Waals surface area contributed by atoms with Gasteiger partial charge in [0.2, 0.25) is 0 Å². The van der Waals surface area contributed by atoms with E-state index in [9.17, 15) is 0 Å². The van der Waals surface area contributed by atoms with Crippen LogP contribution in [0.3, 0.4) is 0 Å². The quantitative estimate of drug-likeness (QED) is 0.129. The predicted molar refractivity (Wildman–Crippen MR) is 148 cm³/mol. The maximum Gasteiger partial charge on any atom is 0.272 e. The second kappa shape index (κ2) is 10.4. The molecule has 0 aromatic rings. The number of rotatable bonds is 6. The fourth-order valence-corrected chi connectivity index (χ4v) is 14.2. The number of nitrogens with one attached hydrogen (secondary N) is 6. The first kappa shape index (κ1) is 26.9. The number of hydrogen-bond acceptors (Lipinski definition) is 9. The van der Waals surface area contributed by atoms with Crippen LogP contribution in [0.2, 0.25) is 0 Å². The van der Waals surface area contributed by atoms with E-state index in [2.05, 4.69) is 44.1 Å². The highest BCUT2D eigenvalue weighted by atomic mass is 32.1. The molecular formula is C6H18N15P3S6. The van der Waals surface area contributed by atoms with E-state index in [1.165, 1.54) is 0 Å². The van der Waals surface area contributed by atoms with Crippen molar-refractivity contribution < 1.29 is 0 Å². The molecule has 0 fully saturated rings. The van der Waals surface area contributed by atoms with Crippen molar-refractivity contribution in [1.29, 1.82) is 0 Å². The second-order valence-corrected chi connectivity index (χ2v) is 14.7.